The summed E-state index contributed by atoms with van der Waals surface area (Å²) in [5, 5.41) is 12.7. The summed E-state index contributed by atoms with van der Waals surface area (Å²) < 4.78 is 2.02. The van der Waals surface area contributed by atoms with Crippen molar-refractivity contribution in [3.05, 3.63) is 23.8 Å². The number of rotatable bonds is 6. The fourth-order valence-electron chi connectivity index (χ4n) is 3.02. The number of aliphatic hydroxyl groups is 1. The van der Waals surface area contributed by atoms with Gasteiger partial charge in [-0.25, -0.2) is 4.98 Å². The van der Waals surface area contributed by atoms with Crippen LogP contribution in [0.2, 0.25) is 0 Å². The number of hydrogen-bond acceptors (Lipinski definition) is 5. The van der Waals surface area contributed by atoms with E-state index < -0.39 is 0 Å². The van der Waals surface area contributed by atoms with Crippen LogP contribution in [0.5, 0.6) is 0 Å². The van der Waals surface area contributed by atoms with Crippen molar-refractivity contribution in [3.8, 4) is 0 Å². The maximum atomic E-state index is 12.2. The minimum atomic E-state index is -0.285. The van der Waals surface area contributed by atoms with Gasteiger partial charge in [-0.3, -0.25) is 4.79 Å². The molecule has 0 bridgehead atoms. The highest BCUT2D eigenvalue weighted by Gasteiger charge is 2.24. The summed E-state index contributed by atoms with van der Waals surface area (Å²) in [5.41, 5.74) is 2.43. The first-order valence-corrected chi connectivity index (χ1v) is 9.51. The number of aliphatic hydroxyl groups excluding tert-OH is 1. The molecule has 0 saturated carbocycles. The molecule has 2 aromatic rings. The third-order valence-corrected chi connectivity index (χ3v) is 5.20. The SMILES string of the molecule is CCSCCNC(=O)c1ccc2c(c1)nc(N1CC[C@H](O)C1)n2C. The Balaban J connectivity index is 1.77. The van der Waals surface area contributed by atoms with E-state index in [1.807, 2.05) is 41.6 Å². The Morgan fingerprint density at radius 3 is 3.04 bits per heavy atom. The summed E-state index contributed by atoms with van der Waals surface area (Å²) in [5.74, 6) is 2.77. The van der Waals surface area contributed by atoms with Crippen molar-refractivity contribution in [1.82, 2.24) is 14.9 Å². The van der Waals surface area contributed by atoms with E-state index in [9.17, 15) is 9.90 Å². The topological polar surface area (TPSA) is 70.4 Å². The molecule has 0 unspecified atom stereocenters. The Labute approximate surface area is 146 Å². The zero-order chi connectivity index (χ0) is 17.1. The van der Waals surface area contributed by atoms with Gasteiger partial charge in [0, 0.05) is 38.0 Å². The number of imidazole rings is 1. The number of nitrogens with zero attached hydrogens (tertiary/aromatic N) is 3. The molecule has 1 aromatic carbocycles. The number of fused-ring (bicyclic) bond motifs is 1. The molecule has 0 radical (unpaired) electrons. The van der Waals surface area contributed by atoms with Crippen LogP contribution in [0.25, 0.3) is 11.0 Å². The van der Waals surface area contributed by atoms with Crippen LogP contribution in [0.1, 0.15) is 23.7 Å². The minimum absolute atomic E-state index is 0.0580. The third-order valence-electron chi connectivity index (χ3n) is 4.30. The summed E-state index contributed by atoms with van der Waals surface area (Å²) >= 11 is 1.81. The van der Waals surface area contributed by atoms with Gasteiger partial charge >= 0.3 is 0 Å². The molecule has 1 fully saturated rings. The number of carbonyl (C=O) groups excluding carboxylic acids is 1. The smallest absolute Gasteiger partial charge is 0.251 e. The quantitative estimate of drug-likeness (QED) is 0.777. The molecule has 0 spiro atoms. The summed E-state index contributed by atoms with van der Waals surface area (Å²) in [6.07, 6.45) is 0.485. The molecular weight excluding hydrogens is 324 g/mol. The van der Waals surface area contributed by atoms with Crippen LogP contribution in [0.15, 0.2) is 18.2 Å². The highest BCUT2D eigenvalue weighted by molar-refractivity contribution is 7.99. The zero-order valence-corrected chi connectivity index (χ0v) is 15.0. The van der Waals surface area contributed by atoms with Gasteiger partial charge in [-0.2, -0.15) is 11.8 Å². The Bertz CT molecular complexity index is 731. The first-order valence-electron chi connectivity index (χ1n) is 8.35. The predicted octanol–water partition coefficient (Wildman–Crippen LogP) is 1.63. The molecule has 6 nitrogen and oxygen atoms in total. The van der Waals surface area contributed by atoms with Crippen molar-refractivity contribution in [1.29, 1.82) is 0 Å². The molecule has 7 heteroatoms. The largest absolute Gasteiger partial charge is 0.391 e. The highest BCUT2D eigenvalue weighted by atomic mass is 32.2. The second-order valence-corrected chi connectivity index (χ2v) is 7.41. The van der Waals surface area contributed by atoms with Gasteiger partial charge in [0.05, 0.1) is 17.1 Å². The minimum Gasteiger partial charge on any atom is -0.391 e. The van der Waals surface area contributed by atoms with Gasteiger partial charge in [0.15, 0.2) is 0 Å². The molecule has 2 heterocycles. The molecule has 1 saturated heterocycles. The Hall–Kier alpha value is -1.73. The lowest BCUT2D eigenvalue weighted by molar-refractivity contribution is 0.0956. The lowest BCUT2D eigenvalue weighted by Crippen LogP contribution is -2.25. The van der Waals surface area contributed by atoms with Gasteiger partial charge in [-0.15, -0.1) is 0 Å². The number of anilines is 1. The van der Waals surface area contributed by atoms with Crippen LogP contribution in [0.3, 0.4) is 0 Å². The Morgan fingerprint density at radius 1 is 1.50 bits per heavy atom. The van der Waals surface area contributed by atoms with Crippen LogP contribution in [-0.4, -0.2) is 57.8 Å². The van der Waals surface area contributed by atoms with E-state index in [1.54, 1.807) is 0 Å². The second kappa shape index (κ2) is 7.44. The molecule has 1 atom stereocenters. The summed E-state index contributed by atoms with van der Waals surface area (Å²) in [6, 6.07) is 5.62. The first kappa shape index (κ1) is 17.1. The van der Waals surface area contributed by atoms with E-state index in [4.69, 9.17) is 0 Å². The van der Waals surface area contributed by atoms with Crippen LogP contribution < -0.4 is 10.2 Å². The number of hydrogen-bond donors (Lipinski definition) is 2. The van der Waals surface area contributed by atoms with Crippen LogP contribution >= 0.6 is 11.8 Å². The Morgan fingerprint density at radius 2 is 2.33 bits per heavy atom. The van der Waals surface area contributed by atoms with E-state index in [2.05, 4.69) is 22.1 Å². The number of carbonyl (C=O) groups is 1. The lowest BCUT2D eigenvalue weighted by atomic mass is 10.2. The summed E-state index contributed by atoms with van der Waals surface area (Å²) in [7, 11) is 1.97. The summed E-state index contributed by atoms with van der Waals surface area (Å²) in [6.45, 7) is 4.20. The molecule has 24 heavy (non-hydrogen) atoms. The number of benzene rings is 1. The number of thioether (sulfide) groups is 1. The molecule has 1 aliphatic heterocycles. The van der Waals surface area contributed by atoms with E-state index in [-0.39, 0.29) is 12.0 Å². The summed E-state index contributed by atoms with van der Waals surface area (Å²) in [4.78, 5) is 19.0. The molecule has 1 amide bonds. The van der Waals surface area contributed by atoms with Gasteiger partial charge in [0.1, 0.15) is 0 Å². The van der Waals surface area contributed by atoms with E-state index >= 15 is 0 Å². The third kappa shape index (κ3) is 3.52. The maximum Gasteiger partial charge on any atom is 0.251 e. The van der Waals surface area contributed by atoms with Crippen molar-refractivity contribution < 1.29 is 9.90 Å². The van der Waals surface area contributed by atoms with Crippen molar-refractivity contribution in [2.45, 2.75) is 19.4 Å². The van der Waals surface area contributed by atoms with Gasteiger partial charge < -0.3 is 19.9 Å². The fraction of sp³-hybridized carbons (Fsp3) is 0.529. The van der Waals surface area contributed by atoms with E-state index in [0.29, 0.717) is 18.7 Å². The normalized spacial score (nSPS) is 17.6. The monoisotopic (exact) mass is 348 g/mol. The fourth-order valence-corrected chi connectivity index (χ4v) is 3.55. The van der Waals surface area contributed by atoms with Crippen LogP contribution in [-0.2, 0) is 7.05 Å². The zero-order valence-electron chi connectivity index (χ0n) is 14.2. The maximum absolute atomic E-state index is 12.2. The second-order valence-electron chi connectivity index (χ2n) is 6.02. The average Bonchev–Trinajstić information content (AvgIpc) is 3.14. The number of aryl methyl sites for hydroxylation is 1. The highest BCUT2D eigenvalue weighted by Crippen LogP contribution is 2.25. The molecule has 130 valence electrons. The van der Waals surface area contributed by atoms with Gasteiger partial charge in [0.2, 0.25) is 5.95 Å². The standard InChI is InChI=1S/C17H24N4O2S/c1-3-24-9-7-18-16(23)12-4-5-15-14(10-12)19-17(20(15)2)21-8-6-13(22)11-21/h4-5,10,13,22H,3,6-9,11H2,1-2H3,(H,18,23)/t13-/m0/s1. The van der Waals surface area contributed by atoms with Gasteiger partial charge in [-0.1, -0.05) is 6.92 Å². The molecule has 2 N–H and O–H groups in total. The van der Waals surface area contributed by atoms with Crippen molar-refractivity contribution in [3.63, 3.8) is 0 Å². The molecule has 0 aliphatic carbocycles. The number of β-amino-alcohol motifs (C(OH)–C–C–N with tert-alkyl or cyclic N) is 1. The first-order chi connectivity index (χ1) is 11.6. The predicted molar refractivity (Wildman–Crippen MR) is 98.9 cm³/mol. The van der Waals surface area contributed by atoms with E-state index in [1.165, 1.54) is 0 Å². The average molecular weight is 348 g/mol. The number of aromatic nitrogens is 2. The van der Waals surface area contributed by atoms with Gasteiger partial charge in [-0.05, 0) is 30.4 Å². The van der Waals surface area contributed by atoms with Crippen molar-refractivity contribution >= 4 is 34.7 Å². The lowest BCUT2D eigenvalue weighted by Gasteiger charge is -2.16. The molecule has 1 aromatic heterocycles. The van der Waals surface area contributed by atoms with Crippen LogP contribution in [0.4, 0.5) is 5.95 Å². The van der Waals surface area contributed by atoms with Crippen molar-refractivity contribution in [2.24, 2.45) is 7.05 Å². The van der Waals surface area contributed by atoms with E-state index in [0.717, 1.165) is 41.5 Å². The van der Waals surface area contributed by atoms with Gasteiger partial charge in [0.25, 0.3) is 5.91 Å². The number of amides is 1. The molecule has 1 aliphatic rings. The number of nitrogens with one attached hydrogen (secondary N) is 1. The Kier molecular flexibility index (Phi) is 5.30. The molecule has 3 rings (SSSR count). The molecular formula is C17H24N4O2S. The van der Waals surface area contributed by atoms with Crippen molar-refractivity contribution in [2.75, 3.05) is 36.0 Å². The van der Waals surface area contributed by atoms with Crippen LogP contribution in [0, 0.1) is 0 Å².